The van der Waals surface area contributed by atoms with E-state index in [2.05, 4.69) is 5.32 Å². The Labute approximate surface area is 202 Å². The Morgan fingerprint density at radius 2 is 2.00 bits per heavy atom. The first-order valence-electron chi connectivity index (χ1n) is 11.9. The van der Waals surface area contributed by atoms with Gasteiger partial charge in [-0.3, -0.25) is 4.79 Å². The van der Waals surface area contributed by atoms with Crippen LogP contribution in [0, 0.1) is 0 Å². The first-order chi connectivity index (χ1) is 16.5. The van der Waals surface area contributed by atoms with Crippen molar-refractivity contribution in [1.82, 2.24) is 10.2 Å². The molecule has 2 aromatic carbocycles. The van der Waals surface area contributed by atoms with Crippen LogP contribution in [0.25, 0.3) is 6.08 Å². The van der Waals surface area contributed by atoms with Gasteiger partial charge in [0.1, 0.15) is 5.75 Å². The summed E-state index contributed by atoms with van der Waals surface area (Å²) in [6.07, 6.45) is 1.32. The van der Waals surface area contributed by atoms with Gasteiger partial charge in [0.15, 0.2) is 0 Å². The quantitative estimate of drug-likeness (QED) is 0.573. The van der Waals surface area contributed by atoms with Crippen LogP contribution in [-0.2, 0) is 22.8 Å². The molecule has 186 valence electrons. The van der Waals surface area contributed by atoms with E-state index in [0.717, 1.165) is 29.8 Å². The summed E-state index contributed by atoms with van der Waals surface area (Å²) in [5, 5.41) is 25.6. The predicted octanol–water partition coefficient (Wildman–Crippen LogP) is 4.02. The molecule has 2 fully saturated rings. The van der Waals surface area contributed by atoms with E-state index >= 15 is 0 Å². The lowest BCUT2D eigenvalue weighted by atomic mass is 9.49. The highest BCUT2D eigenvalue weighted by atomic mass is 19.4. The summed E-state index contributed by atoms with van der Waals surface area (Å²) in [6, 6.07) is 9.98. The number of nitrogens with one attached hydrogen (secondary N) is 1. The molecule has 4 atom stereocenters. The van der Waals surface area contributed by atoms with Gasteiger partial charge in [-0.25, -0.2) is 0 Å². The van der Waals surface area contributed by atoms with Gasteiger partial charge in [0.05, 0.1) is 11.2 Å². The third-order valence-corrected chi connectivity index (χ3v) is 8.35. The van der Waals surface area contributed by atoms with Crippen LogP contribution in [0.15, 0.2) is 48.5 Å². The zero-order valence-corrected chi connectivity index (χ0v) is 19.5. The smallest absolute Gasteiger partial charge is 0.416 e. The van der Waals surface area contributed by atoms with Crippen molar-refractivity contribution in [1.29, 1.82) is 0 Å². The number of hydrogen-bond acceptors (Lipinski definition) is 4. The largest absolute Gasteiger partial charge is 0.508 e. The second-order valence-corrected chi connectivity index (χ2v) is 10.1. The van der Waals surface area contributed by atoms with Gasteiger partial charge in [-0.05, 0) is 85.7 Å². The van der Waals surface area contributed by atoms with Crippen molar-refractivity contribution < 1.29 is 28.2 Å². The molecular formula is C27H29F3N2O3. The summed E-state index contributed by atoms with van der Waals surface area (Å²) in [6.45, 7) is 0.738. The lowest BCUT2D eigenvalue weighted by molar-refractivity contribution is -0.147. The Kier molecular flexibility index (Phi) is 5.72. The number of likely N-dealkylation sites (N-methyl/N-ethyl adjacent to an activating group) is 1. The number of benzene rings is 2. The molecule has 5 nitrogen and oxygen atoms in total. The third-order valence-electron chi connectivity index (χ3n) is 8.35. The van der Waals surface area contributed by atoms with Crippen molar-refractivity contribution >= 4 is 12.0 Å². The molecule has 35 heavy (non-hydrogen) atoms. The van der Waals surface area contributed by atoms with Gasteiger partial charge in [0.2, 0.25) is 5.91 Å². The van der Waals surface area contributed by atoms with Gasteiger partial charge in [0, 0.05) is 30.6 Å². The Morgan fingerprint density at radius 3 is 2.77 bits per heavy atom. The molecule has 2 bridgehead atoms. The fourth-order valence-corrected chi connectivity index (χ4v) is 6.50. The summed E-state index contributed by atoms with van der Waals surface area (Å²) in [5.41, 5.74) is 0.0472. The van der Waals surface area contributed by atoms with Crippen molar-refractivity contribution in [2.45, 2.75) is 61.4 Å². The second kappa shape index (κ2) is 8.38. The van der Waals surface area contributed by atoms with Gasteiger partial charge in [-0.15, -0.1) is 0 Å². The van der Waals surface area contributed by atoms with E-state index in [4.69, 9.17) is 0 Å². The van der Waals surface area contributed by atoms with Crippen LogP contribution < -0.4 is 5.32 Å². The number of aromatic hydroxyl groups is 1. The van der Waals surface area contributed by atoms with Gasteiger partial charge in [0.25, 0.3) is 0 Å². The normalized spacial score (nSPS) is 30.0. The zero-order chi connectivity index (χ0) is 25.0. The van der Waals surface area contributed by atoms with E-state index in [1.165, 1.54) is 24.3 Å². The molecule has 2 aromatic rings. The molecule has 0 radical (unpaired) electrons. The number of halogens is 3. The van der Waals surface area contributed by atoms with Crippen molar-refractivity contribution in [2.75, 3.05) is 13.6 Å². The number of alkyl halides is 3. The highest BCUT2D eigenvalue weighted by Gasteiger charge is 2.63. The number of rotatable bonds is 3. The highest BCUT2D eigenvalue weighted by Crippen LogP contribution is 2.57. The molecule has 1 aliphatic heterocycles. The monoisotopic (exact) mass is 486 g/mol. The number of carbonyl (C=O) groups excluding carboxylic acids is 1. The van der Waals surface area contributed by atoms with Crippen LogP contribution in [0.5, 0.6) is 5.75 Å². The zero-order valence-electron chi connectivity index (χ0n) is 19.5. The van der Waals surface area contributed by atoms with Crippen LogP contribution in [-0.4, -0.2) is 52.3 Å². The summed E-state index contributed by atoms with van der Waals surface area (Å²) in [4.78, 5) is 14.6. The Hall–Kier alpha value is -2.84. The number of phenolic OH excluding ortho intramolecular Hbond substituents is 1. The van der Waals surface area contributed by atoms with Gasteiger partial charge >= 0.3 is 6.18 Å². The molecule has 2 aliphatic carbocycles. The fraction of sp³-hybridized carbons (Fsp3) is 0.444. The standard InChI is InChI=1S/C27H29F3N2O3/c1-32(24(34)8-5-17-3-2-4-19(13-17)27(28,29)30)20-9-10-26(35)23-14-18-6-7-21(33)15-22(18)25(26,16-20)11-12-31-23/h2-8,13,15,20,23,31,33,35H,9-12,14,16H2,1H3/t20-,23-,25-,26-/m1/s1. The predicted molar refractivity (Wildman–Crippen MR) is 126 cm³/mol. The summed E-state index contributed by atoms with van der Waals surface area (Å²) in [7, 11) is 1.70. The molecule has 0 aromatic heterocycles. The molecule has 1 saturated heterocycles. The van der Waals surface area contributed by atoms with Crippen molar-refractivity contribution in [3.05, 3.63) is 70.8 Å². The number of hydrogen-bond donors (Lipinski definition) is 3. The number of piperidine rings is 1. The van der Waals surface area contributed by atoms with Crippen LogP contribution in [0.3, 0.4) is 0 Å². The first-order valence-corrected chi connectivity index (χ1v) is 11.9. The highest BCUT2D eigenvalue weighted by molar-refractivity contribution is 5.91. The molecule has 3 aliphatic rings. The first kappa shape index (κ1) is 23.9. The SMILES string of the molecule is CN(C(=O)C=Cc1cccc(C(F)(F)F)c1)[C@@H]1CC[C@@]2(O)[C@H]3Cc4ccc(O)cc4[C@@]2(CCN3)C1. The van der Waals surface area contributed by atoms with E-state index in [-0.39, 0.29) is 23.7 Å². The van der Waals surface area contributed by atoms with Crippen LogP contribution in [0.1, 0.15) is 47.9 Å². The summed E-state index contributed by atoms with van der Waals surface area (Å²) < 4.78 is 39.0. The van der Waals surface area contributed by atoms with Gasteiger partial charge < -0.3 is 20.4 Å². The average molecular weight is 487 g/mol. The third kappa shape index (κ3) is 3.93. The topological polar surface area (TPSA) is 72.8 Å². The van der Waals surface area contributed by atoms with E-state index in [1.54, 1.807) is 24.1 Å². The van der Waals surface area contributed by atoms with Gasteiger partial charge in [-0.2, -0.15) is 13.2 Å². The molecular weight excluding hydrogens is 457 g/mol. The fourth-order valence-electron chi connectivity index (χ4n) is 6.50. The lowest BCUT2D eigenvalue weighted by Gasteiger charge is -2.62. The minimum atomic E-state index is -4.44. The van der Waals surface area contributed by atoms with Crippen molar-refractivity contribution in [3.8, 4) is 5.75 Å². The van der Waals surface area contributed by atoms with Crippen molar-refractivity contribution in [3.63, 3.8) is 0 Å². The second-order valence-electron chi connectivity index (χ2n) is 10.1. The molecule has 8 heteroatoms. The average Bonchev–Trinajstić information content (AvgIpc) is 2.82. The summed E-state index contributed by atoms with van der Waals surface area (Å²) in [5.74, 6) is -0.139. The van der Waals surface area contributed by atoms with Gasteiger partial charge in [-0.1, -0.05) is 18.2 Å². The maximum Gasteiger partial charge on any atom is 0.416 e. The maximum absolute atomic E-state index is 13.0. The molecule has 5 rings (SSSR count). The molecule has 0 spiro atoms. The van der Waals surface area contributed by atoms with Crippen molar-refractivity contribution in [2.24, 2.45) is 0 Å². The maximum atomic E-state index is 13.0. The van der Waals surface area contributed by atoms with E-state index in [1.807, 2.05) is 6.07 Å². The molecule has 1 saturated carbocycles. The molecule has 1 amide bonds. The minimum absolute atomic E-state index is 0.0870. The van der Waals surface area contributed by atoms with Crippen LogP contribution in [0.4, 0.5) is 13.2 Å². The van der Waals surface area contributed by atoms with Crippen LogP contribution in [0.2, 0.25) is 0 Å². The Morgan fingerprint density at radius 1 is 1.20 bits per heavy atom. The number of aliphatic hydroxyl groups is 1. The molecule has 0 unspecified atom stereocenters. The Balaban J connectivity index is 1.40. The lowest BCUT2D eigenvalue weighted by Crippen LogP contribution is -2.73. The van der Waals surface area contributed by atoms with Crippen LogP contribution >= 0.6 is 0 Å². The van der Waals surface area contributed by atoms with E-state index in [0.29, 0.717) is 37.7 Å². The number of amides is 1. The minimum Gasteiger partial charge on any atom is -0.508 e. The van der Waals surface area contributed by atoms with E-state index < -0.39 is 22.8 Å². The number of carbonyl (C=O) groups is 1. The Bertz CT molecular complexity index is 1180. The number of nitrogens with zero attached hydrogens (tertiary/aromatic N) is 1. The van der Waals surface area contributed by atoms with E-state index in [9.17, 15) is 28.2 Å². The summed E-state index contributed by atoms with van der Waals surface area (Å²) >= 11 is 0. The number of phenols is 1. The molecule has 1 heterocycles. The molecule has 3 N–H and O–H groups in total. The number of fused-ring (bicyclic) bond motifs is 1.